The van der Waals surface area contributed by atoms with Gasteiger partial charge < -0.3 is 15.3 Å². The summed E-state index contributed by atoms with van der Waals surface area (Å²) in [5.74, 6) is -1.28. The maximum atomic E-state index is 12.5. The third-order valence-corrected chi connectivity index (χ3v) is 2.90. The third-order valence-electron chi connectivity index (χ3n) is 2.90. The van der Waals surface area contributed by atoms with E-state index >= 15 is 0 Å². The van der Waals surface area contributed by atoms with Crippen molar-refractivity contribution in [1.29, 1.82) is 0 Å². The lowest BCUT2D eigenvalue weighted by atomic mass is 10.2. The Morgan fingerprint density at radius 3 is 2.18 bits per heavy atom. The fourth-order valence-corrected chi connectivity index (χ4v) is 1.24. The highest BCUT2D eigenvalue weighted by Crippen LogP contribution is 2.48. The summed E-state index contributed by atoms with van der Waals surface area (Å²) in [4.78, 5) is 22.8. The smallest absolute Gasteiger partial charge is 0.411 e. The Bertz CT molecular complexity index is 339. The van der Waals surface area contributed by atoms with Crippen LogP contribution < -0.4 is 5.32 Å². The maximum Gasteiger partial charge on any atom is 0.411 e. The van der Waals surface area contributed by atoms with E-state index in [0.717, 1.165) is 11.9 Å². The predicted octanol–water partition coefficient (Wildman–Crippen LogP) is 1.20. The monoisotopic (exact) mass is 254 g/mol. The molecule has 1 fully saturated rings. The number of rotatable bonds is 3. The van der Waals surface area contributed by atoms with Crippen molar-refractivity contribution in [2.24, 2.45) is 0 Å². The first-order valence-corrected chi connectivity index (χ1v) is 4.95. The van der Waals surface area contributed by atoms with Crippen molar-refractivity contribution >= 4 is 12.0 Å². The zero-order valence-electron chi connectivity index (χ0n) is 9.34. The number of nitrogens with zero attached hydrogens (tertiary/aromatic N) is 1. The van der Waals surface area contributed by atoms with Gasteiger partial charge >= 0.3 is 18.2 Å². The number of alkyl halides is 3. The average molecular weight is 254 g/mol. The minimum absolute atomic E-state index is 0.169. The molecule has 0 saturated heterocycles. The van der Waals surface area contributed by atoms with Crippen molar-refractivity contribution in [1.82, 2.24) is 10.2 Å². The van der Waals surface area contributed by atoms with Crippen molar-refractivity contribution in [2.45, 2.75) is 37.5 Å². The van der Waals surface area contributed by atoms with E-state index in [1.807, 2.05) is 5.32 Å². The molecule has 2 amide bonds. The number of amides is 2. The highest BCUT2D eigenvalue weighted by Gasteiger charge is 2.64. The Hall–Kier alpha value is -1.47. The van der Waals surface area contributed by atoms with Gasteiger partial charge in [-0.2, -0.15) is 13.2 Å². The predicted molar refractivity (Wildman–Crippen MR) is 51.4 cm³/mol. The molecule has 0 spiro atoms. The fraction of sp³-hybridized carbons (Fsp3) is 0.778. The number of hydrogen-bond acceptors (Lipinski definition) is 2. The molecule has 1 unspecified atom stereocenters. The van der Waals surface area contributed by atoms with E-state index in [2.05, 4.69) is 0 Å². The number of halogens is 3. The first-order valence-electron chi connectivity index (χ1n) is 4.95. The minimum Gasteiger partial charge on any atom is -0.480 e. The second-order valence-corrected chi connectivity index (χ2v) is 4.14. The number of carboxylic acid groups (broad SMARTS) is 1. The summed E-state index contributed by atoms with van der Waals surface area (Å²) in [6.07, 6.45) is -4.84. The summed E-state index contributed by atoms with van der Waals surface area (Å²) in [7, 11) is 1.14. The Labute approximate surface area is 95.6 Å². The summed E-state index contributed by atoms with van der Waals surface area (Å²) >= 11 is 0. The Morgan fingerprint density at radius 2 is 1.88 bits per heavy atom. The van der Waals surface area contributed by atoms with Crippen LogP contribution in [0.1, 0.15) is 19.8 Å². The molecule has 0 aromatic heterocycles. The molecule has 1 aliphatic carbocycles. The van der Waals surface area contributed by atoms with E-state index in [-0.39, 0.29) is 12.8 Å². The van der Waals surface area contributed by atoms with Gasteiger partial charge in [-0.25, -0.2) is 9.59 Å². The number of likely N-dealkylation sites (N-methyl/N-ethyl adjacent to an activating group) is 1. The summed E-state index contributed by atoms with van der Waals surface area (Å²) in [5, 5.41) is 10.5. The van der Waals surface area contributed by atoms with Gasteiger partial charge in [0.2, 0.25) is 0 Å². The highest BCUT2D eigenvalue weighted by molar-refractivity contribution is 5.82. The molecule has 0 heterocycles. The van der Waals surface area contributed by atoms with Crippen molar-refractivity contribution in [3.05, 3.63) is 0 Å². The lowest BCUT2D eigenvalue weighted by Crippen LogP contribution is -2.54. The van der Waals surface area contributed by atoms with Crippen LogP contribution in [0.5, 0.6) is 0 Å². The van der Waals surface area contributed by atoms with Crippen LogP contribution in [0.25, 0.3) is 0 Å². The van der Waals surface area contributed by atoms with E-state index < -0.39 is 29.8 Å². The van der Waals surface area contributed by atoms with Gasteiger partial charge in [0.05, 0.1) is 0 Å². The molecule has 1 atom stereocenters. The lowest BCUT2D eigenvalue weighted by molar-refractivity contribution is -0.163. The lowest BCUT2D eigenvalue weighted by Gasteiger charge is -2.27. The molecular weight excluding hydrogens is 241 g/mol. The quantitative estimate of drug-likeness (QED) is 0.795. The van der Waals surface area contributed by atoms with Crippen molar-refractivity contribution in [3.63, 3.8) is 0 Å². The van der Waals surface area contributed by atoms with Crippen LogP contribution in [-0.2, 0) is 4.79 Å². The molecule has 0 aromatic rings. The second kappa shape index (κ2) is 4.08. The largest absolute Gasteiger partial charge is 0.480 e. The first kappa shape index (κ1) is 13.6. The first-order chi connectivity index (χ1) is 7.61. The SMILES string of the molecule is CC(C(=O)O)N(C)C(=O)NC1(C(F)(F)F)CC1. The number of aliphatic carboxylic acids is 1. The second-order valence-electron chi connectivity index (χ2n) is 4.14. The maximum absolute atomic E-state index is 12.5. The molecule has 5 nitrogen and oxygen atoms in total. The summed E-state index contributed by atoms with van der Waals surface area (Å²) in [6.45, 7) is 1.22. The van der Waals surface area contributed by atoms with E-state index in [9.17, 15) is 22.8 Å². The van der Waals surface area contributed by atoms with E-state index in [0.29, 0.717) is 0 Å². The molecule has 1 rings (SSSR count). The Balaban J connectivity index is 2.65. The summed E-state index contributed by atoms with van der Waals surface area (Å²) in [5.41, 5.74) is -2.17. The van der Waals surface area contributed by atoms with Crippen LogP contribution in [0.15, 0.2) is 0 Å². The molecule has 17 heavy (non-hydrogen) atoms. The molecule has 8 heteroatoms. The van der Waals surface area contributed by atoms with Gasteiger partial charge in [-0.3, -0.25) is 0 Å². The van der Waals surface area contributed by atoms with Gasteiger partial charge in [0.1, 0.15) is 11.6 Å². The van der Waals surface area contributed by atoms with Crippen LogP contribution in [0.2, 0.25) is 0 Å². The van der Waals surface area contributed by atoms with Crippen LogP contribution >= 0.6 is 0 Å². The van der Waals surface area contributed by atoms with Crippen molar-refractivity contribution < 1.29 is 27.9 Å². The highest BCUT2D eigenvalue weighted by atomic mass is 19.4. The van der Waals surface area contributed by atoms with Gasteiger partial charge in [-0.15, -0.1) is 0 Å². The number of carbonyl (C=O) groups excluding carboxylic acids is 1. The van der Waals surface area contributed by atoms with Gasteiger partial charge in [-0.1, -0.05) is 0 Å². The van der Waals surface area contributed by atoms with E-state index in [1.165, 1.54) is 6.92 Å². The van der Waals surface area contributed by atoms with Crippen LogP contribution in [-0.4, -0.2) is 46.8 Å². The average Bonchev–Trinajstić information content (AvgIpc) is 2.95. The minimum atomic E-state index is -4.50. The van der Waals surface area contributed by atoms with Gasteiger partial charge in [-0.05, 0) is 19.8 Å². The molecule has 1 saturated carbocycles. The molecule has 0 aromatic carbocycles. The summed E-state index contributed by atoms with van der Waals surface area (Å²) in [6, 6.07) is -2.21. The van der Waals surface area contributed by atoms with Gasteiger partial charge in [0.25, 0.3) is 0 Å². The van der Waals surface area contributed by atoms with Crippen LogP contribution in [0, 0.1) is 0 Å². The number of carbonyl (C=O) groups is 2. The topological polar surface area (TPSA) is 69.6 Å². The summed E-state index contributed by atoms with van der Waals surface area (Å²) < 4.78 is 37.6. The van der Waals surface area contributed by atoms with Gasteiger partial charge in [0, 0.05) is 7.05 Å². The van der Waals surface area contributed by atoms with E-state index in [1.54, 1.807) is 0 Å². The van der Waals surface area contributed by atoms with Crippen LogP contribution in [0.3, 0.4) is 0 Å². The zero-order valence-corrected chi connectivity index (χ0v) is 9.34. The molecule has 1 aliphatic rings. The normalized spacial score (nSPS) is 19.4. The van der Waals surface area contributed by atoms with Gasteiger partial charge in [0.15, 0.2) is 0 Å². The molecule has 0 bridgehead atoms. The zero-order chi connectivity index (χ0) is 13.4. The third kappa shape index (κ3) is 2.62. The number of hydrogen-bond donors (Lipinski definition) is 2. The number of carboxylic acids is 1. The standard InChI is InChI=1S/C9H13F3N2O3/c1-5(6(15)16)14(2)7(17)13-8(3-4-8)9(10,11)12/h5H,3-4H2,1-2H3,(H,13,17)(H,15,16). The molecule has 98 valence electrons. The number of nitrogens with one attached hydrogen (secondary N) is 1. The molecule has 0 radical (unpaired) electrons. The molecule has 2 N–H and O–H groups in total. The fourth-order valence-electron chi connectivity index (χ4n) is 1.24. The van der Waals surface area contributed by atoms with E-state index in [4.69, 9.17) is 5.11 Å². The Kier molecular flexibility index (Phi) is 3.26. The van der Waals surface area contributed by atoms with Crippen molar-refractivity contribution in [2.75, 3.05) is 7.05 Å². The van der Waals surface area contributed by atoms with Crippen LogP contribution in [0.4, 0.5) is 18.0 Å². The molecule has 0 aliphatic heterocycles. The van der Waals surface area contributed by atoms with Crippen molar-refractivity contribution in [3.8, 4) is 0 Å². The molecular formula is C9H13F3N2O3. The number of urea groups is 1. The Morgan fingerprint density at radius 1 is 1.41 bits per heavy atom.